The molecule has 0 aliphatic heterocycles. The molecule has 0 amide bonds. The number of thiophene rings is 1. The van der Waals surface area contributed by atoms with Crippen molar-refractivity contribution >= 4 is 33.7 Å². The Morgan fingerprint density at radius 3 is 3.03 bits per heavy atom. The first-order chi connectivity index (χ1) is 14.1. The molecule has 0 saturated heterocycles. The van der Waals surface area contributed by atoms with Crippen LogP contribution in [0.5, 0.6) is 11.5 Å². The number of nitrogens with one attached hydrogen (secondary N) is 1. The van der Waals surface area contributed by atoms with E-state index in [9.17, 15) is 4.79 Å². The molecule has 1 aliphatic rings. The first-order valence-corrected chi connectivity index (χ1v) is 10.3. The molecule has 2 aromatic heterocycles. The summed E-state index contributed by atoms with van der Waals surface area (Å²) in [5, 5.41) is 9.42. The van der Waals surface area contributed by atoms with E-state index in [1.165, 1.54) is 10.4 Å². The summed E-state index contributed by atoms with van der Waals surface area (Å²) in [6, 6.07) is 7.36. The van der Waals surface area contributed by atoms with E-state index in [0.29, 0.717) is 23.2 Å². The molecular weight excluding hydrogens is 386 g/mol. The Balaban J connectivity index is 1.63. The number of methoxy groups -OCH3 is 1. The lowest BCUT2D eigenvalue weighted by Crippen LogP contribution is -2.13. The molecule has 29 heavy (non-hydrogen) atoms. The van der Waals surface area contributed by atoms with Crippen molar-refractivity contribution in [3.8, 4) is 17.6 Å². The van der Waals surface area contributed by atoms with Gasteiger partial charge in [0.25, 0.3) is 5.56 Å². The lowest BCUT2D eigenvalue weighted by Gasteiger charge is -2.17. The van der Waals surface area contributed by atoms with Gasteiger partial charge in [0, 0.05) is 4.88 Å². The van der Waals surface area contributed by atoms with Crippen molar-refractivity contribution in [1.82, 2.24) is 9.97 Å². The van der Waals surface area contributed by atoms with E-state index in [1.807, 2.05) is 24.3 Å². The van der Waals surface area contributed by atoms with Gasteiger partial charge in [0.05, 0.1) is 12.5 Å². The number of aryl methyl sites for hydroxylation is 1. The molecule has 1 atom stereocenters. The largest absolute Gasteiger partial charge is 0.493 e. The third-order valence-electron chi connectivity index (χ3n) is 5.10. The molecule has 3 aromatic rings. The summed E-state index contributed by atoms with van der Waals surface area (Å²) in [4.78, 5) is 22.4. The minimum Gasteiger partial charge on any atom is -0.493 e. The minimum absolute atomic E-state index is 0.0414. The molecule has 7 heteroatoms. The molecular formula is C22H21N3O3S. The van der Waals surface area contributed by atoms with E-state index >= 15 is 0 Å². The van der Waals surface area contributed by atoms with Crippen LogP contribution in [-0.2, 0) is 12.8 Å². The fourth-order valence-corrected chi connectivity index (χ4v) is 5.03. The van der Waals surface area contributed by atoms with Crippen LogP contribution in [-0.4, -0.2) is 23.7 Å². The first-order valence-electron chi connectivity index (χ1n) is 9.49. The normalized spacial score (nSPS) is 16.0. The van der Waals surface area contributed by atoms with Crippen molar-refractivity contribution in [3.05, 3.63) is 50.4 Å². The standard InChI is InChI=1S/C22H21N3O3S/c1-13-3-6-15-18(11-13)29-22-20(15)21(26)24-19(25-22)8-5-14-4-7-16(28-10-9-23)17(12-14)27-2/h4-5,7-8,12-13H,3,6,10-11H2,1-2H3,(H,24,25,26)/b8-5+/t13-/m1/s1. The molecule has 2 heterocycles. The summed E-state index contributed by atoms with van der Waals surface area (Å²) in [7, 11) is 1.55. The predicted molar refractivity (Wildman–Crippen MR) is 114 cm³/mol. The highest BCUT2D eigenvalue weighted by Gasteiger charge is 2.22. The molecule has 0 radical (unpaired) electrons. The van der Waals surface area contributed by atoms with Crippen LogP contribution in [0.15, 0.2) is 23.0 Å². The molecule has 0 bridgehead atoms. The van der Waals surface area contributed by atoms with Crippen molar-refractivity contribution in [1.29, 1.82) is 5.26 Å². The van der Waals surface area contributed by atoms with Gasteiger partial charge in [-0.1, -0.05) is 19.1 Å². The Labute approximate surface area is 172 Å². The zero-order valence-corrected chi connectivity index (χ0v) is 17.1. The molecule has 1 N–H and O–H groups in total. The van der Waals surface area contributed by atoms with E-state index in [0.717, 1.165) is 35.0 Å². The van der Waals surface area contributed by atoms with Crippen LogP contribution in [0.2, 0.25) is 0 Å². The summed E-state index contributed by atoms with van der Waals surface area (Å²) in [6.45, 7) is 2.21. The highest BCUT2D eigenvalue weighted by molar-refractivity contribution is 7.18. The van der Waals surface area contributed by atoms with Gasteiger partial charge in [0.1, 0.15) is 16.7 Å². The van der Waals surface area contributed by atoms with Crippen molar-refractivity contribution in [2.45, 2.75) is 26.2 Å². The minimum atomic E-state index is -0.0699. The number of aromatic amines is 1. The van der Waals surface area contributed by atoms with Gasteiger partial charge >= 0.3 is 0 Å². The Morgan fingerprint density at radius 1 is 1.38 bits per heavy atom. The van der Waals surface area contributed by atoms with Crippen molar-refractivity contribution in [2.75, 3.05) is 13.7 Å². The maximum Gasteiger partial charge on any atom is 0.260 e. The molecule has 6 nitrogen and oxygen atoms in total. The number of hydrogen-bond acceptors (Lipinski definition) is 6. The average molecular weight is 407 g/mol. The summed E-state index contributed by atoms with van der Waals surface area (Å²) >= 11 is 1.64. The van der Waals surface area contributed by atoms with Gasteiger partial charge < -0.3 is 14.5 Å². The third-order valence-corrected chi connectivity index (χ3v) is 6.25. The monoisotopic (exact) mass is 407 g/mol. The van der Waals surface area contributed by atoms with Crippen LogP contribution in [0.25, 0.3) is 22.4 Å². The van der Waals surface area contributed by atoms with Gasteiger partial charge in [-0.15, -0.1) is 11.3 Å². The first kappa shape index (κ1) is 19.2. The van der Waals surface area contributed by atoms with Crippen LogP contribution < -0.4 is 15.0 Å². The van der Waals surface area contributed by atoms with Crippen molar-refractivity contribution < 1.29 is 9.47 Å². The SMILES string of the molecule is COc1cc(/C=C/c2nc3sc4c(c3c(=O)[nH]2)CC[C@@H](C)C4)ccc1OCC#N. The van der Waals surface area contributed by atoms with E-state index in [-0.39, 0.29) is 12.2 Å². The zero-order valence-electron chi connectivity index (χ0n) is 16.3. The number of benzene rings is 1. The molecule has 0 spiro atoms. The predicted octanol–water partition coefficient (Wildman–Crippen LogP) is 4.19. The summed E-state index contributed by atoms with van der Waals surface area (Å²) in [6.07, 6.45) is 6.75. The number of fused-ring (bicyclic) bond motifs is 3. The Morgan fingerprint density at radius 2 is 2.24 bits per heavy atom. The van der Waals surface area contributed by atoms with Gasteiger partial charge in [-0.2, -0.15) is 5.26 Å². The van der Waals surface area contributed by atoms with Crippen LogP contribution in [0.3, 0.4) is 0 Å². The zero-order chi connectivity index (χ0) is 20.4. The molecule has 0 saturated carbocycles. The molecule has 1 aromatic carbocycles. The maximum absolute atomic E-state index is 12.7. The van der Waals surface area contributed by atoms with Gasteiger partial charge in [0.2, 0.25) is 0 Å². The van der Waals surface area contributed by atoms with Crippen LogP contribution in [0.4, 0.5) is 0 Å². The quantitative estimate of drug-likeness (QED) is 0.685. The average Bonchev–Trinajstić information content (AvgIpc) is 3.08. The van der Waals surface area contributed by atoms with E-state index in [2.05, 4.69) is 16.9 Å². The van der Waals surface area contributed by atoms with Crippen LogP contribution >= 0.6 is 11.3 Å². The number of aromatic nitrogens is 2. The Hall–Kier alpha value is -3.11. The lowest BCUT2D eigenvalue weighted by atomic mass is 9.89. The second-order valence-corrected chi connectivity index (χ2v) is 8.26. The molecule has 0 unspecified atom stereocenters. The highest BCUT2D eigenvalue weighted by Crippen LogP contribution is 2.35. The highest BCUT2D eigenvalue weighted by atomic mass is 32.1. The van der Waals surface area contributed by atoms with Gasteiger partial charge in [0.15, 0.2) is 18.1 Å². The van der Waals surface area contributed by atoms with Crippen LogP contribution in [0, 0.1) is 17.2 Å². The molecule has 4 rings (SSSR count). The number of nitriles is 1. The van der Waals surface area contributed by atoms with E-state index in [1.54, 1.807) is 30.6 Å². The summed E-state index contributed by atoms with van der Waals surface area (Å²) in [5.74, 6) is 2.24. The number of rotatable bonds is 5. The van der Waals surface area contributed by atoms with Gasteiger partial charge in [-0.05, 0) is 54.5 Å². The van der Waals surface area contributed by atoms with E-state index < -0.39 is 0 Å². The lowest BCUT2D eigenvalue weighted by molar-refractivity contribution is 0.329. The fourth-order valence-electron chi connectivity index (χ4n) is 3.64. The number of hydrogen-bond donors (Lipinski definition) is 1. The van der Waals surface area contributed by atoms with Crippen LogP contribution in [0.1, 0.15) is 35.2 Å². The number of nitrogens with zero attached hydrogens (tertiary/aromatic N) is 2. The second-order valence-electron chi connectivity index (χ2n) is 7.17. The maximum atomic E-state index is 12.7. The second kappa shape index (κ2) is 8.10. The summed E-state index contributed by atoms with van der Waals surface area (Å²) in [5.41, 5.74) is 1.98. The smallest absolute Gasteiger partial charge is 0.260 e. The Kier molecular flexibility index (Phi) is 5.36. The Bertz CT molecular complexity index is 1190. The summed E-state index contributed by atoms with van der Waals surface area (Å²) < 4.78 is 10.7. The molecule has 148 valence electrons. The number of ether oxygens (including phenoxy) is 2. The third kappa shape index (κ3) is 3.89. The molecule has 0 fully saturated rings. The van der Waals surface area contributed by atoms with Gasteiger partial charge in [-0.3, -0.25) is 4.79 Å². The van der Waals surface area contributed by atoms with Gasteiger partial charge in [-0.25, -0.2) is 4.98 Å². The molecule has 1 aliphatic carbocycles. The van der Waals surface area contributed by atoms with Crippen molar-refractivity contribution in [2.24, 2.45) is 5.92 Å². The number of H-pyrrole nitrogens is 1. The van der Waals surface area contributed by atoms with Crippen molar-refractivity contribution in [3.63, 3.8) is 0 Å². The fraction of sp³-hybridized carbons (Fsp3) is 0.318. The van der Waals surface area contributed by atoms with E-state index in [4.69, 9.17) is 14.7 Å². The topological polar surface area (TPSA) is 88.0 Å².